The van der Waals surface area contributed by atoms with Crippen LogP contribution in [-0.2, 0) is 4.79 Å². The number of hydrogen-bond acceptors (Lipinski definition) is 5. The lowest BCUT2D eigenvalue weighted by Gasteiger charge is -2.43. The third-order valence-electron chi connectivity index (χ3n) is 5.76. The first kappa shape index (κ1) is 21.9. The number of rotatable bonds is 5. The van der Waals surface area contributed by atoms with Crippen molar-refractivity contribution in [3.05, 3.63) is 54.6 Å². The summed E-state index contributed by atoms with van der Waals surface area (Å²) in [5, 5.41) is 2.98. The van der Waals surface area contributed by atoms with Crippen LogP contribution in [0.4, 0.5) is 10.5 Å². The van der Waals surface area contributed by atoms with Crippen LogP contribution in [0.1, 0.15) is 12.8 Å². The number of carbonyl (C=O) groups is 2. The maximum Gasteiger partial charge on any atom is 0.321 e. The summed E-state index contributed by atoms with van der Waals surface area (Å²) in [6.45, 7) is 2.04. The molecule has 0 atom stereocenters. The summed E-state index contributed by atoms with van der Waals surface area (Å²) in [5.41, 5.74) is 0.799. The molecule has 1 spiro atoms. The molecule has 2 aliphatic heterocycles. The van der Waals surface area contributed by atoms with Crippen molar-refractivity contribution >= 4 is 41.1 Å². The summed E-state index contributed by atoms with van der Waals surface area (Å²) < 4.78 is 5.68. The van der Waals surface area contributed by atoms with Gasteiger partial charge in [0.15, 0.2) is 6.61 Å². The molecule has 2 aliphatic rings. The van der Waals surface area contributed by atoms with E-state index in [2.05, 4.69) is 5.32 Å². The molecule has 3 amide bonds. The van der Waals surface area contributed by atoms with Crippen molar-refractivity contribution in [1.29, 1.82) is 0 Å². The van der Waals surface area contributed by atoms with Gasteiger partial charge in [-0.2, -0.15) is 0 Å². The Kier molecular flexibility index (Phi) is 6.97. The maximum atomic E-state index is 12.9. The molecule has 0 aliphatic carbocycles. The summed E-state index contributed by atoms with van der Waals surface area (Å²) >= 11 is 3.51. The monoisotopic (exact) mass is 457 g/mol. The zero-order valence-corrected chi connectivity index (χ0v) is 19.2. The number of para-hydroxylation sites is 1. The van der Waals surface area contributed by atoms with E-state index in [1.807, 2.05) is 82.4 Å². The number of amides is 3. The van der Waals surface area contributed by atoms with Crippen molar-refractivity contribution in [3.8, 4) is 5.75 Å². The number of piperidine rings is 1. The Labute approximate surface area is 191 Å². The van der Waals surface area contributed by atoms with Gasteiger partial charge in [-0.3, -0.25) is 4.79 Å². The molecule has 0 aromatic heterocycles. The predicted molar refractivity (Wildman–Crippen MR) is 127 cm³/mol. The second-order valence-electron chi connectivity index (χ2n) is 7.59. The fourth-order valence-electron chi connectivity index (χ4n) is 4.05. The number of hydrogen-bond donors (Lipinski definition) is 1. The van der Waals surface area contributed by atoms with Crippen LogP contribution in [0.5, 0.6) is 5.75 Å². The minimum Gasteiger partial charge on any atom is -0.484 e. The molecule has 2 fully saturated rings. The van der Waals surface area contributed by atoms with Crippen LogP contribution in [0.2, 0.25) is 0 Å². The first-order chi connectivity index (χ1) is 15.1. The molecule has 164 valence electrons. The summed E-state index contributed by atoms with van der Waals surface area (Å²) in [6, 6.07) is 17.2. The van der Waals surface area contributed by atoms with Gasteiger partial charge in [-0.1, -0.05) is 18.2 Å². The van der Waals surface area contributed by atoms with Gasteiger partial charge in [0.25, 0.3) is 5.91 Å². The molecule has 4 rings (SSSR count). The molecule has 31 heavy (non-hydrogen) atoms. The topological polar surface area (TPSA) is 61.9 Å². The fraction of sp³-hybridized carbons (Fsp3) is 0.391. The number of nitrogens with one attached hydrogen (secondary N) is 1. The Bertz CT molecular complexity index is 900. The number of thioether (sulfide) groups is 2. The SMILES string of the molecule is CSc1ccc(NC(=O)N2CCC3(CC2)SCCN3C(=O)COc2ccccc2)cc1. The van der Waals surface area contributed by atoms with Gasteiger partial charge in [0, 0.05) is 36.0 Å². The lowest BCUT2D eigenvalue weighted by atomic mass is 10.0. The number of benzene rings is 2. The smallest absolute Gasteiger partial charge is 0.321 e. The Morgan fingerprint density at radius 2 is 1.77 bits per heavy atom. The van der Waals surface area contributed by atoms with Crippen LogP contribution in [0.3, 0.4) is 0 Å². The van der Waals surface area contributed by atoms with Crippen molar-refractivity contribution in [2.45, 2.75) is 22.6 Å². The van der Waals surface area contributed by atoms with Gasteiger partial charge in [-0.25, -0.2) is 4.79 Å². The molecule has 2 saturated heterocycles. The summed E-state index contributed by atoms with van der Waals surface area (Å²) in [6.07, 6.45) is 3.57. The third-order valence-corrected chi connectivity index (χ3v) is 8.05. The average molecular weight is 458 g/mol. The highest BCUT2D eigenvalue weighted by Gasteiger charge is 2.46. The normalized spacial score (nSPS) is 17.6. The molecule has 0 bridgehead atoms. The van der Waals surface area contributed by atoms with Crippen LogP contribution in [0.25, 0.3) is 0 Å². The van der Waals surface area contributed by atoms with E-state index in [1.54, 1.807) is 11.8 Å². The molecule has 2 heterocycles. The molecular formula is C23H27N3O3S2. The first-order valence-corrected chi connectivity index (χ1v) is 12.6. The van der Waals surface area contributed by atoms with Gasteiger partial charge in [0.2, 0.25) is 0 Å². The molecule has 6 nitrogen and oxygen atoms in total. The van der Waals surface area contributed by atoms with E-state index in [9.17, 15) is 9.59 Å². The molecular weight excluding hydrogens is 430 g/mol. The van der Waals surface area contributed by atoms with Gasteiger partial charge in [-0.15, -0.1) is 23.5 Å². The van der Waals surface area contributed by atoms with Gasteiger partial charge in [0.05, 0.1) is 4.87 Å². The van der Waals surface area contributed by atoms with Crippen molar-refractivity contribution in [1.82, 2.24) is 9.80 Å². The maximum absolute atomic E-state index is 12.9. The molecule has 0 radical (unpaired) electrons. The Balaban J connectivity index is 1.31. The number of likely N-dealkylation sites (tertiary alicyclic amines) is 1. The van der Waals surface area contributed by atoms with Crippen LogP contribution in [0.15, 0.2) is 59.5 Å². The van der Waals surface area contributed by atoms with E-state index < -0.39 is 0 Å². The quantitative estimate of drug-likeness (QED) is 0.675. The molecule has 1 N–H and O–H groups in total. The van der Waals surface area contributed by atoms with Gasteiger partial charge in [0.1, 0.15) is 5.75 Å². The Morgan fingerprint density at radius 3 is 2.45 bits per heavy atom. The van der Waals surface area contributed by atoms with E-state index in [0.717, 1.165) is 35.7 Å². The van der Waals surface area contributed by atoms with Crippen LogP contribution in [-0.4, -0.2) is 64.9 Å². The standard InChI is InChI=1S/C23H27N3O3S2/c1-30-20-9-7-18(8-10-20)24-22(28)25-13-11-23(12-14-25)26(15-16-31-23)21(27)17-29-19-5-3-2-4-6-19/h2-10H,11-17H2,1H3,(H,24,28). The van der Waals surface area contributed by atoms with Crippen molar-refractivity contribution in [2.24, 2.45) is 0 Å². The summed E-state index contributed by atoms with van der Waals surface area (Å²) in [4.78, 5) is 30.3. The Morgan fingerprint density at radius 1 is 1.06 bits per heavy atom. The molecule has 8 heteroatoms. The van der Waals surface area contributed by atoms with Crippen LogP contribution >= 0.6 is 23.5 Å². The van der Waals surface area contributed by atoms with E-state index in [0.29, 0.717) is 18.8 Å². The van der Waals surface area contributed by atoms with E-state index in [-0.39, 0.29) is 23.4 Å². The fourth-order valence-corrected chi connectivity index (χ4v) is 5.93. The van der Waals surface area contributed by atoms with Crippen molar-refractivity contribution < 1.29 is 14.3 Å². The lowest BCUT2D eigenvalue weighted by molar-refractivity contribution is -0.136. The second-order valence-corrected chi connectivity index (χ2v) is 9.92. The van der Waals surface area contributed by atoms with E-state index in [1.165, 1.54) is 0 Å². The number of nitrogens with zero attached hydrogens (tertiary/aromatic N) is 2. The van der Waals surface area contributed by atoms with Crippen molar-refractivity contribution in [2.75, 3.05) is 43.6 Å². The van der Waals surface area contributed by atoms with Gasteiger partial charge >= 0.3 is 6.03 Å². The second kappa shape index (κ2) is 9.87. The van der Waals surface area contributed by atoms with Gasteiger partial charge in [-0.05, 0) is 55.5 Å². The zero-order valence-electron chi connectivity index (χ0n) is 17.6. The lowest BCUT2D eigenvalue weighted by Crippen LogP contribution is -2.55. The van der Waals surface area contributed by atoms with Crippen LogP contribution in [0, 0.1) is 0 Å². The molecule has 2 aromatic carbocycles. The summed E-state index contributed by atoms with van der Waals surface area (Å²) in [5.74, 6) is 1.64. The first-order valence-electron chi connectivity index (χ1n) is 10.4. The van der Waals surface area contributed by atoms with Crippen molar-refractivity contribution in [3.63, 3.8) is 0 Å². The summed E-state index contributed by atoms with van der Waals surface area (Å²) in [7, 11) is 0. The largest absolute Gasteiger partial charge is 0.484 e. The minimum atomic E-state index is -0.228. The number of anilines is 1. The highest BCUT2D eigenvalue weighted by atomic mass is 32.2. The molecule has 2 aromatic rings. The predicted octanol–water partition coefficient (Wildman–Crippen LogP) is 4.39. The van der Waals surface area contributed by atoms with E-state index >= 15 is 0 Å². The number of ether oxygens (including phenoxy) is 1. The Hall–Kier alpha value is -2.32. The molecule has 0 unspecified atom stereocenters. The van der Waals surface area contributed by atoms with E-state index in [4.69, 9.17) is 4.74 Å². The zero-order chi connectivity index (χ0) is 21.7. The highest BCUT2D eigenvalue weighted by molar-refractivity contribution is 8.00. The average Bonchev–Trinajstić information content (AvgIpc) is 3.22. The highest BCUT2D eigenvalue weighted by Crippen LogP contribution is 2.44. The number of carbonyl (C=O) groups excluding carboxylic acids is 2. The minimum absolute atomic E-state index is 0.0145. The number of urea groups is 1. The van der Waals surface area contributed by atoms with Crippen LogP contribution < -0.4 is 10.1 Å². The molecule has 0 saturated carbocycles. The third kappa shape index (κ3) is 5.13. The van der Waals surface area contributed by atoms with Gasteiger partial charge < -0.3 is 19.9 Å².